The quantitative estimate of drug-likeness (QED) is 0.720. The summed E-state index contributed by atoms with van der Waals surface area (Å²) in [7, 11) is 3.06. The van der Waals surface area contributed by atoms with Crippen LogP contribution in [-0.2, 0) is 6.61 Å². The second-order valence-electron chi connectivity index (χ2n) is 6.04. The van der Waals surface area contributed by atoms with Gasteiger partial charge in [0.1, 0.15) is 6.61 Å². The van der Waals surface area contributed by atoms with Crippen molar-refractivity contribution < 1.29 is 19.0 Å². The number of benzene rings is 2. The lowest BCUT2D eigenvalue weighted by Gasteiger charge is -2.16. The molecule has 0 saturated carbocycles. The molecule has 1 unspecified atom stereocenters. The number of nitrogens with one attached hydrogen (secondary N) is 1. The highest BCUT2D eigenvalue weighted by molar-refractivity contribution is 5.95. The maximum Gasteiger partial charge on any atom is 0.251 e. The van der Waals surface area contributed by atoms with Crippen molar-refractivity contribution in [2.45, 2.75) is 13.5 Å². The molecule has 0 heterocycles. The average Bonchev–Trinajstić information content (AvgIpc) is 2.70. The summed E-state index contributed by atoms with van der Waals surface area (Å²) in [4.78, 5) is 12.4. The van der Waals surface area contributed by atoms with E-state index < -0.39 is 0 Å². The first-order chi connectivity index (χ1) is 12.6. The van der Waals surface area contributed by atoms with Gasteiger partial charge in [-0.15, -0.1) is 0 Å². The Morgan fingerprint density at radius 3 is 2.27 bits per heavy atom. The van der Waals surface area contributed by atoms with E-state index in [0.29, 0.717) is 42.5 Å². The van der Waals surface area contributed by atoms with Crippen LogP contribution in [-0.4, -0.2) is 33.2 Å². The Bertz CT molecular complexity index is 694. The van der Waals surface area contributed by atoms with Crippen molar-refractivity contribution >= 4 is 5.91 Å². The van der Waals surface area contributed by atoms with Crippen LogP contribution in [0.2, 0.25) is 0 Å². The standard InChI is InChI=1S/C20H26N2O4/c1-14(11-21)12-22-20(23)16-9-17(24-2)19(18(10-16)25-3)26-13-15-7-5-4-6-8-15/h4-10,14H,11-13,21H2,1-3H3,(H,22,23). The van der Waals surface area contributed by atoms with Crippen molar-refractivity contribution in [2.24, 2.45) is 11.7 Å². The summed E-state index contributed by atoms with van der Waals surface area (Å²) in [6, 6.07) is 13.1. The fourth-order valence-electron chi connectivity index (χ4n) is 2.34. The van der Waals surface area contributed by atoms with Gasteiger partial charge in [0.25, 0.3) is 5.91 Å². The van der Waals surface area contributed by atoms with E-state index in [1.165, 1.54) is 14.2 Å². The topological polar surface area (TPSA) is 82.8 Å². The SMILES string of the molecule is COc1cc(C(=O)NCC(C)CN)cc(OC)c1OCc1ccccc1. The van der Waals surface area contributed by atoms with Crippen molar-refractivity contribution in [2.75, 3.05) is 27.3 Å². The molecule has 6 nitrogen and oxygen atoms in total. The molecular formula is C20H26N2O4. The minimum Gasteiger partial charge on any atom is -0.493 e. The maximum atomic E-state index is 12.4. The minimum atomic E-state index is -0.212. The highest BCUT2D eigenvalue weighted by atomic mass is 16.5. The van der Waals surface area contributed by atoms with Crippen LogP contribution in [0.4, 0.5) is 0 Å². The molecule has 2 aromatic carbocycles. The largest absolute Gasteiger partial charge is 0.493 e. The first-order valence-corrected chi connectivity index (χ1v) is 8.50. The van der Waals surface area contributed by atoms with Gasteiger partial charge in [-0.1, -0.05) is 37.3 Å². The van der Waals surface area contributed by atoms with E-state index in [1.807, 2.05) is 37.3 Å². The molecule has 0 saturated heterocycles. The molecule has 3 N–H and O–H groups in total. The molecule has 0 bridgehead atoms. The molecule has 0 aromatic heterocycles. The van der Waals surface area contributed by atoms with E-state index in [2.05, 4.69) is 5.32 Å². The van der Waals surface area contributed by atoms with Crippen LogP contribution in [0.5, 0.6) is 17.2 Å². The molecule has 140 valence electrons. The minimum absolute atomic E-state index is 0.205. The van der Waals surface area contributed by atoms with Crippen LogP contribution in [0.15, 0.2) is 42.5 Å². The number of carbonyl (C=O) groups excluding carboxylic acids is 1. The van der Waals surface area contributed by atoms with E-state index in [0.717, 1.165) is 5.56 Å². The lowest BCUT2D eigenvalue weighted by Crippen LogP contribution is -2.31. The molecule has 0 fully saturated rings. The molecule has 0 aliphatic heterocycles. The van der Waals surface area contributed by atoms with Crippen LogP contribution < -0.4 is 25.3 Å². The Morgan fingerprint density at radius 2 is 1.73 bits per heavy atom. The predicted octanol–water partition coefficient (Wildman–Crippen LogP) is 2.61. The van der Waals surface area contributed by atoms with Crippen molar-refractivity contribution in [3.8, 4) is 17.2 Å². The zero-order valence-corrected chi connectivity index (χ0v) is 15.5. The van der Waals surface area contributed by atoms with Gasteiger partial charge in [0.2, 0.25) is 5.75 Å². The van der Waals surface area contributed by atoms with Gasteiger partial charge in [0.15, 0.2) is 11.5 Å². The number of hydrogen-bond donors (Lipinski definition) is 2. The summed E-state index contributed by atoms with van der Waals surface area (Å²) >= 11 is 0. The molecule has 2 aromatic rings. The number of ether oxygens (including phenoxy) is 3. The summed E-state index contributed by atoms with van der Waals surface area (Å²) < 4.78 is 16.7. The number of methoxy groups -OCH3 is 2. The molecule has 6 heteroatoms. The highest BCUT2D eigenvalue weighted by Gasteiger charge is 2.18. The third-order valence-electron chi connectivity index (χ3n) is 3.96. The van der Waals surface area contributed by atoms with E-state index in [-0.39, 0.29) is 11.8 Å². The second kappa shape index (κ2) is 9.68. The average molecular weight is 358 g/mol. The van der Waals surface area contributed by atoms with Crippen LogP contribution in [0, 0.1) is 5.92 Å². The summed E-state index contributed by atoms with van der Waals surface area (Å²) in [6.45, 7) is 3.36. The fourth-order valence-corrected chi connectivity index (χ4v) is 2.34. The zero-order valence-electron chi connectivity index (χ0n) is 15.5. The number of nitrogens with two attached hydrogens (primary N) is 1. The Morgan fingerprint density at radius 1 is 1.12 bits per heavy atom. The van der Waals surface area contributed by atoms with E-state index in [4.69, 9.17) is 19.9 Å². The van der Waals surface area contributed by atoms with Gasteiger partial charge in [-0.25, -0.2) is 0 Å². The Hall–Kier alpha value is -2.73. The molecule has 0 aliphatic carbocycles. The van der Waals surface area contributed by atoms with Gasteiger partial charge in [-0.3, -0.25) is 4.79 Å². The second-order valence-corrected chi connectivity index (χ2v) is 6.04. The van der Waals surface area contributed by atoms with Gasteiger partial charge in [-0.05, 0) is 30.2 Å². The summed E-state index contributed by atoms with van der Waals surface area (Å²) in [5, 5.41) is 2.86. The first kappa shape index (κ1) is 19.6. The smallest absolute Gasteiger partial charge is 0.251 e. The van der Waals surface area contributed by atoms with Crippen LogP contribution in [0.3, 0.4) is 0 Å². The number of hydrogen-bond acceptors (Lipinski definition) is 5. The van der Waals surface area contributed by atoms with Crippen LogP contribution in [0.25, 0.3) is 0 Å². The molecule has 0 aliphatic rings. The monoisotopic (exact) mass is 358 g/mol. The van der Waals surface area contributed by atoms with Gasteiger partial charge in [-0.2, -0.15) is 0 Å². The van der Waals surface area contributed by atoms with E-state index in [1.54, 1.807) is 12.1 Å². The molecule has 0 spiro atoms. The molecule has 0 radical (unpaired) electrons. The Labute approximate surface area is 154 Å². The van der Waals surface area contributed by atoms with Crippen molar-refractivity contribution in [1.82, 2.24) is 5.32 Å². The van der Waals surface area contributed by atoms with Crippen molar-refractivity contribution in [3.05, 3.63) is 53.6 Å². The predicted molar refractivity (Wildman–Crippen MR) is 101 cm³/mol. The van der Waals surface area contributed by atoms with Crippen LogP contribution >= 0.6 is 0 Å². The van der Waals surface area contributed by atoms with Gasteiger partial charge < -0.3 is 25.3 Å². The molecule has 1 atom stereocenters. The summed E-state index contributed by atoms with van der Waals surface area (Å²) in [5.74, 6) is 1.34. The van der Waals surface area contributed by atoms with Gasteiger partial charge in [0.05, 0.1) is 14.2 Å². The normalized spacial score (nSPS) is 11.5. The molecular weight excluding hydrogens is 332 g/mol. The molecule has 1 amide bonds. The van der Waals surface area contributed by atoms with Gasteiger partial charge >= 0.3 is 0 Å². The first-order valence-electron chi connectivity index (χ1n) is 8.50. The lowest BCUT2D eigenvalue weighted by atomic mass is 10.1. The summed E-state index contributed by atoms with van der Waals surface area (Å²) in [5.41, 5.74) is 7.04. The van der Waals surface area contributed by atoms with Gasteiger partial charge in [0, 0.05) is 12.1 Å². The lowest BCUT2D eigenvalue weighted by molar-refractivity contribution is 0.0947. The maximum absolute atomic E-state index is 12.4. The molecule has 26 heavy (non-hydrogen) atoms. The van der Waals surface area contributed by atoms with Crippen molar-refractivity contribution in [1.29, 1.82) is 0 Å². The fraction of sp³-hybridized carbons (Fsp3) is 0.350. The Kier molecular flexibility index (Phi) is 7.29. The number of amides is 1. The third kappa shape index (κ3) is 5.13. The Balaban J connectivity index is 2.19. The summed E-state index contributed by atoms with van der Waals surface area (Å²) in [6.07, 6.45) is 0. The number of rotatable bonds is 9. The third-order valence-corrected chi connectivity index (χ3v) is 3.96. The number of carbonyl (C=O) groups is 1. The van der Waals surface area contributed by atoms with Crippen LogP contribution in [0.1, 0.15) is 22.8 Å². The van der Waals surface area contributed by atoms with Crippen molar-refractivity contribution in [3.63, 3.8) is 0 Å². The molecule has 2 rings (SSSR count). The van der Waals surface area contributed by atoms with E-state index in [9.17, 15) is 4.79 Å². The zero-order chi connectivity index (χ0) is 18.9. The highest BCUT2D eigenvalue weighted by Crippen LogP contribution is 2.39. The van der Waals surface area contributed by atoms with E-state index >= 15 is 0 Å².